The summed E-state index contributed by atoms with van der Waals surface area (Å²) in [6.45, 7) is 6.05. The van der Waals surface area contributed by atoms with E-state index in [-0.39, 0.29) is 0 Å². The largest absolute Gasteiger partial charge is 0.464 e. The van der Waals surface area contributed by atoms with Gasteiger partial charge in [-0.25, -0.2) is 0 Å². The van der Waals surface area contributed by atoms with E-state index < -0.39 is 0 Å². The van der Waals surface area contributed by atoms with E-state index in [9.17, 15) is 0 Å². The Morgan fingerprint density at radius 2 is 2.17 bits per heavy atom. The molecule has 1 aromatic heterocycles. The molecule has 61 valence electrons. The third-order valence-electron chi connectivity index (χ3n) is 2.05. The predicted octanol–water partition coefficient (Wildman–Crippen LogP) is 3.37. The first kappa shape index (κ1) is 7.41. The van der Waals surface area contributed by atoms with Crippen LogP contribution >= 0.6 is 0 Å². The molecule has 1 aromatic carbocycles. The first-order chi connectivity index (χ1) is 5.77. The van der Waals surface area contributed by atoms with Crippen molar-refractivity contribution in [3.63, 3.8) is 0 Å². The fourth-order valence-corrected chi connectivity index (χ4v) is 1.29. The normalized spacial score (nSPS) is 11.2. The van der Waals surface area contributed by atoms with Gasteiger partial charge in [-0.05, 0) is 36.6 Å². The highest BCUT2D eigenvalue weighted by Gasteiger charge is 2.01. The Labute approximate surface area is 72.0 Å². The molecule has 1 radical (unpaired) electrons. The van der Waals surface area contributed by atoms with Gasteiger partial charge >= 0.3 is 0 Å². The van der Waals surface area contributed by atoms with Crippen LogP contribution in [0.15, 0.2) is 34.9 Å². The van der Waals surface area contributed by atoms with Gasteiger partial charge < -0.3 is 4.42 Å². The van der Waals surface area contributed by atoms with E-state index in [1.54, 1.807) is 6.26 Å². The average molecular weight is 159 g/mol. The lowest BCUT2D eigenvalue weighted by atomic mass is 10.0. The van der Waals surface area contributed by atoms with Gasteiger partial charge in [-0.15, -0.1) is 0 Å². The van der Waals surface area contributed by atoms with Crippen LogP contribution in [0, 0.1) is 6.92 Å². The summed E-state index contributed by atoms with van der Waals surface area (Å²) < 4.78 is 5.23. The van der Waals surface area contributed by atoms with Gasteiger partial charge in [0, 0.05) is 5.39 Å². The third-order valence-corrected chi connectivity index (χ3v) is 2.05. The van der Waals surface area contributed by atoms with Crippen LogP contribution in [0.1, 0.15) is 18.4 Å². The van der Waals surface area contributed by atoms with Crippen molar-refractivity contribution in [2.24, 2.45) is 0 Å². The van der Waals surface area contributed by atoms with Crippen LogP contribution in [0.3, 0.4) is 0 Å². The minimum atomic E-state index is 0.337. The summed E-state index contributed by atoms with van der Waals surface area (Å²) >= 11 is 0. The van der Waals surface area contributed by atoms with Crippen molar-refractivity contribution in [2.75, 3.05) is 0 Å². The quantitative estimate of drug-likeness (QED) is 0.621. The molecule has 0 bridgehead atoms. The maximum absolute atomic E-state index is 5.23. The zero-order valence-corrected chi connectivity index (χ0v) is 7.08. The number of hydrogen-bond acceptors (Lipinski definition) is 1. The minimum absolute atomic E-state index is 0.337. The monoisotopic (exact) mass is 159 g/mol. The average Bonchev–Trinajstić information content (AvgIpc) is 2.49. The molecule has 0 N–H and O–H groups in total. The summed E-state index contributed by atoms with van der Waals surface area (Å²) in [6.07, 6.45) is 1.71. The summed E-state index contributed by atoms with van der Waals surface area (Å²) in [4.78, 5) is 0. The van der Waals surface area contributed by atoms with Gasteiger partial charge in [-0.2, -0.15) is 0 Å². The molecule has 0 amide bonds. The van der Waals surface area contributed by atoms with Crippen LogP contribution in [-0.4, -0.2) is 0 Å². The molecule has 1 unspecified atom stereocenters. The molecule has 1 nitrogen and oxygen atoms in total. The van der Waals surface area contributed by atoms with Crippen LogP contribution in [0.4, 0.5) is 0 Å². The Hall–Kier alpha value is -1.24. The zero-order chi connectivity index (χ0) is 8.55. The highest BCUT2D eigenvalue weighted by Crippen LogP contribution is 2.21. The number of rotatable bonds is 1. The molecule has 0 fully saturated rings. The molecule has 0 aliphatic heterocycles. The van der Waals surface area contributed by atoms with Gasteiger partial charge in [0.2, 0.25) is 0 Å². The Morgan fingerprint density at radius 3 is 2.92 bits per heavy atom. The molecular formula is C11H11O. The lowest BCUT2D eigenvalue weighted by Crippen LogP contribution is -1.85. The second-order valence-electron chi connectivity index (χ2n) is 3.12. The van der Waals surface area contributed by atoms with Crippen LogP contribution in [-0.2, 0) is 0 Å². The van der Waals surface area contributed by atoms with E-state index in [1.807, 2.05) is 12.1 Å². The molecule has 2 aromatic rings. The van der Waals surface area contributed by atoms with Gasteiger partial charge in [0.1, 0.15) is 5.58 Å². The smallest absolute Gasteiger partial charge is 0.133 e. The molecule has 12 heavy (non-hydrogen) atoms. The second kappa shape index (κ2) is 2.67. The Bertz CT molecular complexity index is 385. The molecule has 0 aliphatic rings. The number of fused-ring (bicyclic) bond motifs is 1. The van der Waals surface area contributed by atoms with Gasteiger partial charge in [0.15, 0.2) is 0 Å². The summed E-state index contributed by atoms with van der Waals surface area (Å²) in [5.41, 5.74) is 2.20. The van der Waals surface area contributed by atoms with Crippen LogP contribution in [0.5, 0.6) is 0 Å². The lowest BCUT2D eigenvalue weighted by Gasteiger charge is -2.03. The van der Waals surface area contributed by atoms with Crippen LogP contribution in [0.2, 0.25) is 0 Å². The predicted molar refractivity (Wildman–Crippen MR) is 50.0 cm³/mol. The molecule has 0 saturated carbocycles. The molecule has 0 aliphatic carbocycles. The minimum Gasteiger partial charge on any atom is -0.464 e. The van der Waals surface area contributed by atoms with Crippen molar-refractivity contribution in [3.05, 3.63) is 43.0 Å². The van der Waals surface area contributed by atoms with Gasteiger partial charge in [-0.3, -0.25) is 0 Å². The van der Waals surface area contributed by atoms with Gasteiger partial charge in [0.05, 0.1) is 6.26 Å². The van der Waals surface area contributed by atoms with Crippen molar-refractivity contribution in [1.29, 1.82) is 0 Å². The SMILES string of the molecule is [CH2]C(C)c1ccc2occc2c1. The number of hydrogen-bond donors (Lipinski definition) is 0. The van der Waals surface area contributed by atoms with E-state index in [1.165, 1.54) is 5.56 Å². The van der Waals surface area contributed by atoms with E-state index in [0.29, 0.717) is 5.92 Å². The van der Waals surface area contributed by atoms with Crippen molar-refractivity contribution in [2.45, 2.75) is 12.8 Å². The van der Waals surface area contributed by atoms with Crippen molar-refractivity contribution >= 4 is 11.0 Å². The van der Waals surface area contributed by atoms with E-state index >= 15 is 0 Å². The molecule has 2 rings (SSSR count). The maximum Gasteiger partial charge on any atom is 0.133 e. The Balaban J connectivity index is 2.60. The standard InChI is InChI=1S/C11H11O/c1-8(2)9-3-4-11-10(7-9)5-6-12-11/h3-8H,1H2,2H3. The fraction of sp³-hybridized carbons (Fsp3) is 0.182. The lowest BCUT2D eigenvalue weighted by molar-refractivity contribution is 0.615. The summed E-state index contributed by atoms with van der Waals surface area (Å²) in [7, 11) is 0. The Morgan fingerprint density at radius 1 is 1.33 bits per heavy atom. The zero-order valence-electron chi connectivity index (χ0n) is 7.08. The Kier molecular flexibility index (Phi) is 1.65. The second-order valence-corrected chi connectivity index (χ2v) is 3.12. The van der Waals surface area contributed by atoms with Crippen LogP contribution < -0.4 is 0 Å². The molecular weight excluding hydrogens is 148 g/mol. The van der Waals surface area contributed by atoms with E-state index in [4.69, 9.17) is 4.42 Å². The molecule has 0 spiro atoms. The van der Waals surface area contributed by atoms with Crippen molar-refractivity contribution in [3.8, 4) is 0 Å². The number of benzene rings is 1. The van der Waals surface area contributed by atoms with E-state index in [2.05, 4.69) is 26.0 Å². The molecule has 1 heterocycles. The summed E-state index contributed by atoms with van der Waals surface area (Å²) in [5, 5.41) is 1.16. The highest BCUT2D eigenvalue weighted by molar-refractivity contribution is 5.77. The molecule has 1 atom stereocenters. The topological polar surface area (TPSA) is 13.1 Å². The highest BCUT2D eigenvalue weighted by atomic mass is 16.3. The van der Waals surface area contributed by atoms with Crippen LogP contribution in [0.25, 0.3) is 11.0 Å². The molecule has 1 heteroatoms. The van der Waals surface area contributed by atoms with Crippen molar-refractivity contribution < 1.29 is 4.42 Å². The summed E-state index contributed by atoms with van der Waals surface area (Å²) in [5.74, 6) is 0.337. The maximum atomic E-state index is 5.23. The first-order valence-corrected chi connectivity index (χ1v) is 4.07. The van der Waals surface area contributed by atoms with E-state index in [0.717, 1.165) is 11.0 Å². The van der Waals surface area contributed by atoms with Gasteiger partial charge in [-0.1, -0.05) is 13.0 Å². The van der Waals surface area contributed by atoms with Crippen molar-refractivity contribution in [1.82, 2.24) is 0 Å². The summed E-state index contributed by atoms with van der Waals surface area (Å²) in [6, 6.07) is 8.15. The first-order valence-electron chi connectivity index (χ1n) is 4.07. The fourth-order valence-electron chi connectivity index (χ4n) is 1.29. The third kappa shape index (κ3) is 1.11. The number of furan rings is 1. The molecule has 0 saturated heterocycles. The van der Waals surface area contributed by atoms with Gasteiger partial charge in [0.25, 0.3) is 0 Å².